The number of amides is 2. The molecule has 1 fully saturated rings. The molecule has 1 aromatic heterocycles. The average Bonchev–Trinajstić information content (AvgIpc) is 2.94. The quantitative estimate of drug-likeness (QED) is 0.922. The largest absolute Gasteiger partial charge is 0.337 e. The molecule has 0 aromatic carbocycles. The fraction of sp³-hybridized carbons (Fsp3) is 0.733. The van der Waals surface area contributed by atoms with Gasteiger partial charge in [-0.2, -0.15) is 0 Å². The fourth-order valence-corrected chi connectivity index (χ4v) is 3.43. The van der Waals surface area contributed by atoms with Gasteiger partial charge in [0.15, 0.2) is 0 Å². The maximum absolute atomic E-state index is 12.3. The Morgan fingerprint density at radius 2 is 2.09 bits per heavy atom. The van der Waals surface area contributed by atoms with Crippen LogP contribution in [0.4, 0.5) is 5.13 Å². The lowest BCUT2D eigenvalue weighted by Gasteiger charge is -2.31. The molecular formula is C15H24N4O2S. The van der Waals surface area contributed by atoms with Crippen molar-refractivity contribution in [3.63, 3.8) is 0 Å². The number of carbonyl (C=O) groups excluding carboxylic acids is 2. The van der Waals surface area contributed by atoms with Crippen LogP contribution in [0.2, 0.25) is 0 Å². The lowest BCUT2D eigenvalue weighted by molar-refractivity contribution is -0.131. The van der Waals surface area contributed by atoms with Crippen molar-refractivity contribution < 1.29 is 9.59 Å². The minimum absolute atomic E-state index is 0.0328. The number of hydrogen-bond donors (Lipinski definition) is 1. The monoisotopic (exact) mass is 324 g/mol. The number of hydrogen-bond acceptors (Lipinski definition) is 5. The van der Waals surface area contributed by atoms with E-state index in [9.17, 15) is 9.59 Å². The molecule has 1 atom stereocenters. The molecule has 6 nitrogen and oxygen atoms in total. The minimum Gasteiger partial charge on any atom is -0.337 e. The molecule has 122 valence electrons. The molecule has 7 heteroatoms. The molecule has 2 amide bonds. The van der Waals surface area contributed by atoms with Crippen LogP contribution < -0.4 is 5.32 Å². The number of rotatable bonds is 4. The zero-order valence-corrected chi connectivity index (χ0v) is 14.7. The van der Waals surface area contributed by atoms with Crippen LogP contribution in [0.25, 0.3) is 0 Å². The van der Waals surface area contributed by atoms with Gasteiger partial charge in [-0.05, 0) is 26.7 Å². The van der Waals surface area contributed by atoms with Gasteiger partial charge in [0.25, 0.3) is 0 Å². The molecule has 1 aromatic rings. The molecule has 2 heterocycles. The molecule has 1 aliphatic heterocycles. The van der Waals surface area contributed by atoms with Crippen LogP contribution in [0.5, 0.6) is 0 Å². The predicted molar refractivity (Wildman–Crippen MR) is 86.7 cm³/mol. The summed E-state index contributed by atoms with van der Waals surface area (Å²) in [5, 5.41) is 12.3. The van der Waals surface area contributed by atoms with E-state index in [0.717, 1.165) is 11.4 Å². The van der Waals surface area contributed by atoms with E-state index in [1.807, 2.05) is 20.8 Å². The number of nitrogens with zero attached hydrogens (tertiary/aromatic N) is 3. The van der Waals surface area contributed by atoms with Gasteiger partial charge in [0, 0.05) is 24.9 Å². The second kappa shape index (κ2) is 6.32. The zero-order chi connectivity index (χ0) is 16.5. The molecular weight excluding hydrogens is 300 g/mol. The van der Waals surface area contributed by atoms with Crippen molar-refractivity contribution >= 4 is 28.3 Å². The average molecular weight is 324 g/mol. The molecule has 0 bridgehead atoms. The first kappa shape index (κ1) is 16.9. The standard InChI is InChI=1S/C15H24N4O2S/c1-9(2)6-11-17-18-14(22-11)16-13(21)10-7-12(20)19(8-10)15(3,4)5/h9-10H,6-8H2,1-5H3,(H,16,18,21)/t10-/m1/s1. The third-order valence-corrected chi connectivity index (χ3v) is 4.45. The summed E-state index contributed by atoms with van der Waals surface area (Å²) in [6.45, 7) is 10.6. The van der Waals surface area contributed by atoms with Gasteiger partial charge in [-0.15, -0.1) is 10.2 Å². The predicted octanol–water partition coefficient (Wildman–Crippen LogP) is 2.32. The zero-order valence-electron chi connectivity index (χ0n) is 13.8. The summed E-state index contributed by atoms with van der Waals surface area (Å²) in [6.07, 6.45) is 1.12. The first-order valence-corrected chi connectivity index (χ1v) is 8.42. The van der Waals surface area contributed by atoms with E-state index in [0.29, 0.717) is 17.6 Å². The summed E-state index contributed by atoms with van der Waals surface area (Å²) in [5.41, 5.74) is -0.251. The van der Waals surface area contributed by atoms with E-state index in [4.69, 9.17) is 0 Å². The van der Waals surface area contributed by atoms with Gasteiger partial charge in [-0.25, -0.2) is 0 Å². The lowest BCUT2D eigenvalue weighted by atomic mass is 10.1. The summed E-state index contributed by atoms with van der Waals surface area (Å²) < 4.78 is 0. The van der Waals surface area contributed by atoms with Crippen molar-refractivity contribution in [3.8, 4) is 0 Å². The Morgan fingerprint density at radius 1 is 1.41 bits per heavy atom. The SMILES string of the molecule is CC(C)Cc1nnc(NC(=O)[C@@H]2CC(=O)N(C(C)(C)C)C2)s1. The van der Waals surface area contributed by atoms with E-state index >= 15 is 0 Å². The summed E-state index contributed by atoms with van der Waals surface area (Å²) >= 11 is 1.40. The van der Waals surface area contributed by atoms with Crippen LogP contribution in [0.1, 0.15) is 46.0 Å². The summed E-state index contributed by atoms with van der Waals surface area (Å²) in [7, 11) is 0. The third kappa shape index (κ3) is 4.03. The number of carbonyl (C=O) groups is 2. The van der Waals surface area contributed by atoms with E-state index in [-0.39, 0.29) is 29.7 Å². The van der Waals surface area contributed by atoms with E-state index in [2.05, 4.69) is 29.4 Å². The highest BCUT2D eigenvalue weighted by atomic mass is 32.1. The van der Waals surface area contributed by atoms with Gasteiger partial charge in [-0.3, -0.25) is 9.59 Å². The Balaban J connectivity index is 1.96. The van der Waals surface area contributed by atoms with Gasteiger partial charge in [0.05, 0.1) is 5.92 Å². The normalized spacial score (nSPS) is 19.1. The van der Waals surface area contributed by atoms with Gasteiger partial charge in [-0.1, -0.05) is 25.2 Å². The summed E-state index contributed by atoms with van der Waals surface area (Å²) in [6, 6.07) is 0. The molecule has 1 N–H and O–H groups in total. The highest BCUT2D eigenvalue weighted by Crippen LogP contribution is 2.27. The molecule has 0 spiro atoms. The van der Waals surface area contributed by atoms with Crippen LogP contribution in [0.3, 0.4) is 0 Å². The fourth-order valence-electron chi connectivity index (χ4n) is 2.47. The molecule has 1 saturated heterocycles. The topological polar surface area (TPSA) is 75.2 Å². The van der Waals surface area contributed by atoms with Crippen molar-refractivity contribution in [2.45, 2.75) is 53.0 Å². The molecule has 22 heavy (non-hydrogen) atoms. The van der Waals surface area contributed by atoms with Crippen molar-refractivity contribution in [2.24, 2.45) is 11.8 Å². The molecule has 0 saturated carbocycles. The Hall–Kier alpha value is -1.50. The minimum atomic E-state index is -0.316. The Bertz CT molecular complexity index is 562. The number of anilines is 1. The second-order valence-electron chi connectivity index (χ2n) is 7.16. The van der Waals surface area contributed by atoms with Crippen LogP contribution in [0, 0.1) is 11.8 Å². The van der Waals surface area contributed by atoms with Gasteiger partial charge >= 0.3 is 0 Å². The van der Waals surface area contributed by atoms with Crippen molar-refractivity contribution in [2.75, 3.05) is 11.9 Å². The van der Waals surface area contributed by atoms with Gasteiger partial charge in [0.1, 0.15) is 5.01 Å². The number of nitrogens with one attached hydrogen (secondary N) is 1. The van der Waals surface area contributed by atoms with Crippen molar-refractivity contribution in [3.05, 3.63) is 5.01 Å². The van der Waals surface area contributed by atoms with E-state index in [1.54, 1.807) is 4.90 Å². The smallest absolute Gasteiger partial charge is 0.231 e. The maximum Gasteiger partial charge on any atom is 0.231 e. The van der Waals surface area contributed by atoms with Crippen molar-refractivity contribution in [1.82, 2.24) is 15.1 Å². The van der Waals surface area contributed by atoms with E-state index in [1.165, 1.54) is 11.3 Å². The summed E-state index contributed by atoms with van der Waals surface area (Å²) in [5.74, 6) is 0.0752. The van der Waals surface area contributed by atoms with Crippen LogP contribution in [0.15, 0.2) is 0 Å². The molecule has 0 aliphatic carbocycles. The number of likely N-dealkylation sites (tertiary alicyclic amines) is 1. The maximum atomic E-state index is 12.3. The van der Waals surface area contributed by atoms with E-state index < -0.39 is 0 Å². The molecule has 2 rings (SSSR count). The third-order valence-electron chi connectivity index (χ3n) is 3.59. The Kier molecular flexibility index (Phi) is 4.84. The highest BCUT2D eigenvalue weighted by molar-refractivity contribution is 7.15. The Morgan fingerprint density at radius 3 is 2.64 bits per heavy atom. The van der Waals surface area contributed by atoms with Crippen LogP contribution in [-0.4, -0.2) is 39.0 Å². The highest BCUT2D eigenvalue weighted by Gasteiger charge is 2.39. The first-order chi connectivity index (χ1) is 10.2. The van der Waals surface area contributed by atoms with Crippen LogP contribution >= 0.6 is 11.3 Å². The van der Waals surface area contributed by atoms with Crippen molar-refractivity contribution in [1.29, 1.82) is 0 Å². The lowest BCUT2D eigenvalue weighted by Crippen LogP contribution is -2.42. The molecule has 1 aliphatic rings. The van der Waals surface area contributed by atoms with Gasteiger partial charge < -0.3 is 10.2 Å². The molecule has 0 unspecified atom stereocenters. The van der Waals surface area contributed by atoms with Gasteiger partial charge in [0.2, 0.25) is 16.9 Å². The molecule has 0 radical (unpaired) electrons. The first-order valence-electron chi connectivity index (χ1n) is 7.60. The number of aromatic nitrogens is 2. The Labute approximate surface area is 135 Å². The summed E-state index contributed by atoms with van der Waals surface area (Å²) in [4.78, 5) is 26.1. The second-order valence-corrected chi connectivity index (χ2v) is 8.23. The van der Waals surface area contributed by atoms with Crippen LogP contribution in [-0.2, 0) is 16.0 Å².